The van der Waals surface area contributed by atoms with Crippen LogP contribution in [0.3, 0.4) is 0 Å². The summed E-state index contributed by atoms with van der Waals surface area (Å²) in [6.07, 6.45) is -3.21. The van der Waals surface area contributed by atoms with E-state index in [0.717, 1.165) is 18.4 Å². The second-order valence-electron chi connectivity index (χ2n) is 11.7. The van der Waals surface area contributed by atoms with Crippen LogP contribution >= 0.6 is 11.6 Å². The number of halogens is 4. The number of carbonyl (C=O) groups is 1. The van der Waals surface area contributed by atoms with Crippen LogP contribution in [0.1, 0.15) is 56.3 Å². The number of nitrogens with zero attached hydrogens (tertiary/aromatic N) is 2. The minimum absolute atomic E-state index is 0.232. The van der Waals surface area contributed by atoms with Crippen molar-refractivity contribution in [2.75, 3.05) is 30.5 Å². The van der Waals surface area contributed by atoms with Gasteiger partial charge in [0.05, 0.1) is 25.1 Å². The van der Waals surface area contributed by atoms with Crippen molar-refractivity contribution in [3.63, 3.8) is 0 Å². The van der Waals surface area contributed by atoms with E-state index in [4.69, 9.17) is 21.2 Å². The van der Waals surface area contributed by atoms with Crippen LogP contribution in [0, 0.1) is 0 Å². The number of amides is 1. The van der Waals surface area contributed by atoms with E-state index in [0.29, 0.717) is 45.5 Å². The third-order valence-corrected chi connectivity index (χ3v) is 8.03. The number of benzene rings is 3. The van der Waals surface area contributed by atoms with Gasteiger partial charge in [0.2, 0.25) is 0 Å². The summed E-state index contributed by atoms with van der Waals surface area (Å²) in [6, 6.07) is 15.3. The van der Waals surface area contributed by atoms with E-state index >= 15 is 0 Å². The third-order valence-electron chi connectivity index (χ3n) is 7.78. The highest BCUT2D eigenvalue weighted by molar-refractivity contribution is 6.30. The van der Waals surface area contributed by atoms with E-state index in [1.54, 1.807) is 69.3 Å². The Morgan fingerprint density at radius 2 is 1.80 bits per heavy atom. The number of aliphatic hydroxyl groups excluding tert-OH is 1. The molecule has 8 nitrogen and oxygen atoms in total. The van der Waals surface area contributed by atoms with E-state index in [2.05, 4.69) is 15.2 Å². The summed E-state index contributed by atoms with van der Waals surface area (Å²) < 4.78 is 48.9. The van der Waals surface area contributed by atoms with Crippen molar-refractivity contribution < 1.29 is 37.4 Å². The molecule has 0 aromatic heterocycles. The molecule has 1 spiro atoms. The number of methoxy groups -OCH3 is 1. The van der Waals surface area contributed by atoms with Crippen LogP contribution in [0.4, 0.5) is 24.5 Å². The van der Waals surface area contributed by atoms with Gasteiger partial charge >= 0.3 is 6.36 Å². The summed E-state index contributed by atoms with van der Waals surface area (Å²) >= 11 is 6.15. The molecule has 1 fully saturated rings. The van der Waals surface area contributed by atoms with Crippen LogP contribution in [-0.2, 0) is 15.0 Å². The topological polar surface area (TPSA) is 92.6 Å². The van der Waals surface area contributed by atoms with Gasteiger partial charge in [0.25, 0.3) is 5.91 Å². The number of anilines is 2. The Bertz CT molecular complexity index is 1570. The number of fused-ring (bicyclic) bond motifs is 2. The fourth-order valence-electron chi connectivity index (χ4n) is 5.18. The van der Waals surface area contributed by atoms with Gasteiger partial charge in [0.1, 0.15) is 17.5 Å². The second kappa shape index (κ2) is 11.9. The average molecular weight is 632 g/mol. The fourth-order valence-corrected chi connectivity index (χ4v) is 5.30. The zero-order chi connectivity index (χ0) is 31.9. The molecule has 1 amide bonds. The van der Waals surface area contributed by atoms with Gasteiger partial charge in [-0.2, -0.15) is 0 Å². The molecule has 2 N–H and O–H groups in total. The minimum Gasteiger partial charge on any atom is -0.497 e. The van der Waals surface area contributed by atoms with Crippen LogP contribution in [-0.4, -0.2) is 49.0 Å². The van der Waals surface area contributed by atoms with E-state index in [9.17, 15) is 23.1 Å². The fraction of sp³-hybridized carbons (Fsp3) is 0.375. The number of oxime groups is 1. The molecule has 3 aromatic rings. The van der Waals surface area contributed by atoms with Crippen LogP contribution in [0.5, 0.6) is 11.5 Å². The first-order chi connectivity index (χ1) is 20.7. The van der Waals surface area contributed by atoms with Gasteiger partial charge in [-0.3, -0.25) is 4.79 Å². The first-order valence-electron chi connectivity index (χ1n) is 14.0. The van der Waals surface area contributed by atoms with Gasteiger partial charge in [-0.1, -0.05) is 35.0 Å². The molecular formula is C32H33ClF3N3O5. The maximum Gasteiger partial charge on any atom is 0.573 e. The number of ether oxygens (including phenoxy) is 2. The molecule has 1 saturated carbocycles. The minimum atomic E-state index is -4.86. The maximum atomic E-state index is 14.4. The number of hydrogen-bond acceptors (Lipinski definition) is 7. The van der Waals surface area contributed by atoms with Gasteiger partial charge in [-0.25, -0.2) is 0 Å². The molecule has 234 valence electrons. The van der Waals surface area contributed by atoms with Crippen molar-refractivity contribution >= 4 is 34.6 Å². The number of aliphatic hydroxyl groups is 1. The van der Waals surface area contributed by atoms with Crippen molar-refractivity contribution in [2.24, 2.45) is 5.16 Å². The molecule has 12 heteroatoms. The Morgan fingerprint density at radius 3 is 2.41 bits per heavy atom. The quantitative estimate of drug-likeness (QED) is 0.185. The zero-order valence-electron chi connectivity index (χ0n) is 24.7. The molecule has 1 unspecified atom stereocenters. The van der Waals surface area contributed by atoms with Crippen molar-refractivity contribution in [3.8, 4) is 11.5 Å². The zero-order valence-corrected chi connectivity index (χ0v) is 25.4. The normalized spacial score (nSPS) is 16.4. The highest BCUT2D eigenvalue weighted by atomic mass is 35.5. The van der Waals surface area contributed by atoms with Gasteiger partial charge < -0.3 is 29.6 Å². The van der Waals surface area contributed by atoms with Crippen molar-refractivity contribution in [1.29, 1.82) is 0 Å². The predicted molar refractivity (Wildman–Crippen MR) is 162 cm³/mol. The average Bonchev–Trinajstić information content (AvgIpc) is 3.69. The number of alkyl halides is 3. The first-order valence-corrected chi connectivity index (χ1v) is 14.4. The summed E-state index contributed by atoms with van der Waals surface area (Å²) in [5.74, 6) is -0.258. The van der Waals surface area contributed by atoms with E-state index in [1.165, 1.54) is 24.1 Å². The van der Waals surface area contributed by atoms with E-state index in [1.807, 2.05) is 0 Å². The summed E-state index contributed by atoms with van der Waals surface area (Å²) in [6.45, 7) is 5.25. The molecule has 0 bridgehead atoms. The molecule has 1 aliphatic carbocycles. The largest absolute Gasteiger partial charge is 0.573 e. The highest BCUT2D eigenvalue weighted by Gasteiger charge is 2.54. The third kappa shape index (κ3) is 6.89. The second-order valence-corrected chi connectivity index (χ2v) is 12.1. The van der Waals surface area contributed by atoms with Gasteiger partial charge in [-0.05, 0) is 75.1 Å². The van der Waals surface area contributed by atoms with Gasteiger partial charge in [-0.15, -0.1) is 13.2 Å². The maximum absolute atomic E-state index is 14.4. The first kappa shape index (κ1) is 31.5. The molecular weight excluding hydrogens is 599 g/mol. The Kier molecular flexibility index (Phi) is 8.48. The lowest BCUT2D eigenvalue weighted by Crippen LogP contribution is -2.38. The van der Waals surface area contributed by atoms with Crippen molar-refractivity contribution in [2.45, 2.75) is 57.0 Å². The monoisotopic (exact) mass is 631 g/mol. The predicted octanol–water partition coefficient (Wildman–Crippen LogP) is 6.99. The van der Waals surface area contributed by atoms with Crippen LogP contribution < -0.4 is 19.7 Å². The van der Waals surface area contributed by atoms with Crippen LogP contribution in [0.2, 0.25) is 5.02 Å². The summed E-state index contributed by atoms with van der Waals surface area (Å²) in [5, 5.41) is 17.5. The molecule has 44 heavy (non-hydrogen) atoms. The standard InChI is InChI=1S/C32H33ClF3N3O5/c1-19(38-44-30(2,3)18-40)21-13-23(15-25(14-21)42-4)37-28(20-5-7-22(33)8-6-20)29(41)39-17-31(11-12-31)26-10-9-24(16-27(26)39)43-32(34,35)36/h5-10,13-16,28,37,40H,11-12,17-18H2,1-4H3. The number of hydrogen-bond donors (Lipinski definition) is 2. The molecule has 3 aromatic carbocycles. The van der Waals surface area contributed by atoms with Crippen LogP contribution in [0.25, 0.3) is 0 Å². The smallest absolute Gasteiger partial charge is 0.497 e. The van der Waals surface area contributed by atoms with Crippen LogP contribution in [0.15, 0.2) is 65.8 Å². The van der Waals surface area contributed by atoms with Crippen molar-refractivity contribution in [1.82, 2.24) is 0 Å². The SMILES string of the molecule is COc1cc(NC(C(=O)N2CC3(CC3)c3ccc(OC(F)(F)F)cc32)c2ccc(Cl)cc2)cc(C(C)=NOC(C)(C)CO)c1. The molecule has 1 aliphatic heterocycles. The van der Waals surface area contributed by atoms with E-state index in [-0.39, 0.29) is 23.7 Å². The molecule has 0 saturated heterocycles. The molecule has 1 atom stereocenters. The Labute approximate surface area is 258 Å². The summed E-state index contributed by atoms with van der Waals surface area (Å²) in [5.41, 5.74) is 2.32. The lowest BCUT2D eigenvalue weighted by Gasteiger charge is -2.27. The summed E-state index contributed by atoms with van der Waals surface area (Å²) in [4.78, 5) is 21.4. The summed E-state index contributed by atoms with van der Waals surface area (Å²) in [7, 11) is 1.51. The number of carbonyl (C=O) groups excluding carboxylic acids is 1. The Morgan fingerprint density at radius 1 is 1.09 bits per heavy atom. The van der Waals surface area contributed by atoms with E-state index < -0.39 is 18.0 Å². The Hall–Kier alpha value is -3.96. The van der Waals surface area contributed by atoms with Gasteiger partial charge in [0, 0.05) is 40.4 Å². The lowest BCUT2D eigenvalue weighted by molar-refractivity contribution is -0.274. The number of rotatable bonds is 10. The Balaban J connectivity index is 1.52. The van der Waals surface area contributed by atoms with Crippen molar-refractivity contribution in [3.05, 3.63) is 82.4 Å². The number of nitrogens with one attached hydrogen (secondary N) is 1. The molecule has 1 heterocycles. The molecule has 0 radical (unpaired) electrons. The lowest BCUT2D eigenvalue weighted by atomic mass is 9.99. The molecule has 2 aliphatic rings. The molecule has 5 rings (SSSR count). The van der Waals surface area contributed by atoms with Gasteiger partial charge in [0.15, 0.2) is 5.60 Å². The highest BCUT2D eigenvalue weighted by Crippen LogP contribution is 2.57.